The number of hydrogen-bond donors (Lipinski definition) is 1. The molecule has 1 N–H and O–H groups in total. The molecule has 0 atom stereocenters. The number of anilines is 2. The van der Waals surface area contributed by atoms with Gasteiger partial charge in [0, 0.05) is 44.2 Å². The van der Waals surface area contributed by atoms with Crippen LogP contribution in [0.25, 0.3) is 0 Å². The fourth-order valence-electron chi connectivity index (χ4n) is 3.38. The Morgan fingerprint density at radius 1 is 1.10 bits per heavy atom. The van der Waals surface area contributed by atoms with E-state index in [0.29, 0.717) is 31.9 Å². The molecule has 0 radical (unpaired) electrons. The van der Waals surface area contributed by atoms with Crippen molar-refractivity contribution >= 4 is 40.5 Å². The highest BCUT2D eigenvalue weighted by molar-refractivity contribution is 6.34. The van der Waals surface area contributed by atoms with Crippen LogP contribution in [0, 0.1) is 16.0 Å². The fourth-order valence-corrected chi connectivity index (χ4v) is 3.58. The van der Waals surface area contributed by atoms with Crippen molar-refractivity contribution in [3.05, 3.63) is 63.2 Å². The number of non-ortho nitro benzene ring substituents is 1. The molecule has 0 saturated carbocycles. The largest absolute Gasteiger partial charge is 0.366 e. The lowest BCUT2D eigenvalue weighted by Gasteiger charge is -2.37. The third kappa shape index (κ3) is 4.71. The molecule has 1 aliphatic heterocycles. The summed E-state index contributed by atoms with van der Waals surface area (Å²) in [5.74, 6) is -0.427. The van der Waals surface area contributed by atoms with E-state index in [-0.39, 0.29) is 28.1 Å². The number of halogens is 1. The molecule has 9 heteroatoms. The minimum absolute atomic E-state index is 0.0352. The Bertz CT molecular complexity index is 971. The summed E-state index contributed by atoms with van der Waals surface area (Å²) in [6.07, 6.45) is 0. The number of nitro groups is 1. The molecular formula is C21H23ClN4O4. The standard InChI is InChI=1S/C21H23ClN4O4/c1-14(2)21(28)25-11-9-24(10-12-25)19-6-4-3-5-18(19)23-20(27)16-13-15(26(29)30)7-8-17(16)22/h3-8,13-14H,9-12H2,1-2H3,(H,23,27). The maximum absolute atomic E-state index is 12.8. The Morgan fingerprint density at radius 2 is 1.77 bits per heavy atom. The molecule has 30 heavy (non-hydrogen) atoms. The molecule has 0 aliphatic carbocycles. The molecule has 2 aromatic rings. The number of para-hydroxylation sites is 2. The zero-order valence-electron chi connectivity index (χ0n) is 16.8. The number of benzene rings is 2. The van der Waals surface area contributed by atoms with Crippen LogP contribution in [0.4, 0.5) is 17.1 Å². The van der Waals surface area contributed by atoms with Gasteiger partial charge in [-0.25, -0.2) is 0 Å². The molecule has 0 unspecified atom stereocenters. The lowest BCUT2D eigenvalue weighted by atomic mass is 10.1. The summed E-state index contributed by atoms with van der Waals surface area (Å²) in [7, 11) is 0. The van der Waals surface area contributed by atoms with Gasteiger partial charge in [-0.05, 0) is 18.2 Å². The molecule has 0 aromatic heterocycles. The van der Waals surface area contributed by atoms with Gasteiger partial charge in [0.25, 0.3) is 11.6 Å². The van der Waals surface area contributed by atoms with Gasteiger partial charge in [0.15, 0.2) is 0 Å². The zero-order valence-corrected chi connectivity index (χ0v) is 17.6. The molecule has 3 rings (SSSR count). The lowest BCUT2D eigenvalue weighted by Crippen LogP contribution is -2.50. The molecule has 2 aromatic carbocycles. The summed E-state index contributed by atoms with van der Waals surface area (Å²) in [4.78, 5) is 39.4. The number of carbonyl (C=O) groups excluding carboxylic acids is 2. The van der Waals surface area contributed by atoms with Crippen LogP contribution in [-0.2, 0) is 4.79 Å². The summed E-state index contributed by atoms with van der Waals surface area (Å²) in [5.41, 5.74) is 1.23. The first-order valence-corrected chi connectivity index (χ1v) is 10.0. The Balaban J connectivity index is 1.77. The molecule has 158 valence electrons. The second kappa shape index (κ2) is 9.13. The van der Waals surface area contributed by atoms with E-state index in [1.807, 2.05) is 30.9 Å². The summed E-state index contributed by atoms with van der Waals surface area (Å²) in [6, 6.07) is 11.1. The van der Waals surface area contributed by atoms with Crippen LogP contribution < -0.4 is 10.2 Å². The monoisotopic (exact) mass is 430 g/mol. The van der Waals surface area contributed by atoms with Crippen LogP contribution in [0.15, 0.2) is 42.5 Å². The number of nitrogens with zero attached hydrogens (tertiary/aromatic N) is 3. The first-order valence-electron chi connectivity index (χ1n) is 9.66. The lowest BCUT2D eigenvalue weighted by molar-refractivity contribution is -0.384. The Kier molecular flexibility index (Phi) is 6.56. The van der Waals surface area contributed by atoms with E-state index >= 15 is 0 Å². The van der Waals surface area contributed by atoms with E-state index in [1.165, 1.54) is 12.1 Å². The molecule has 1 heterocycles. The third-order valence-corrected chi connectivity index (χ3v) is 5.31. The Morgan fingerprint density at radius 3 is 2.40 bits per heavy atom. The van der Waals surface area contributed by atoms with Crippen molar-refractivity contribution in [1.82, 2.24) is 4.90 Å². The van der Waals surface area contributed by atoms with Crippen LogP contribution in [0.2, 0.25) is 5.02 Å². The van der Waals surface area contributed by atoms with Gasteiger partial charge in [-0.1, -0.05) is 37.6 Å². The van der Waals surface area contributed by atoms with Crippen molar-refractivity contribution in [3.8, 4) is 0 Å². The fraction of sp³-hybridized carbons (Fsp3) is 0.333. The van der Waals surface area contributed by atoms with E-state index in [9.17, 15) is 19.7 Å². The van der Waals surface area contributed by atoms with E-state index in [1.54, 1.807) is 12.1 Å². The van der Waals surface area contributed by atoms with Crippen LogP contribution in [0.5, 0.6) is 0 Å². The average molecular weight is 431 g/mol. The van der Waals surface area contributed by atoms with Crippen molar-refractivity contribution in [1.29, 1.82) is 0 Å². The molecule has 2 amide bonds. The van der Waals surface area contributed by atoms with Crippen LogP contribution >= 0.6 is 11.6 Å². The van der Waals surface area contributed by atoms with Crippen LogP contribution in [0.3, 0.4) is 0 Å². The predicted molar refractivity (Wildman–Crippen MR) is 116 cm³/mol. The SMILES string of the molecule is CC(C)C(=O)N1CCN(c2ccccc2NC(=O)c2cc([N+](=O)[O-])ccc2Cl)CC1. The van der Waals surface area contributed by atoms with Gasteiger partial charge in [0.1, 0.15) is 0 Å². The van der Waals surface area contributed by atoms with Gasteiger partial charge in [-0.3, -0.25) is 19.7 Å². The first kappa shape index (κ1) is 21.6. The normalized spacial score (nSPS) is 14.0. The second-order valence-corrected chi connectivity index (χ2v) is 7.77. The first-order chi connectivity index (χ1) is 14.3. The van der Waals surface area contributed by atoms with Gasteiger partial charge >= 0.3 is 0 Å². The van der Waals surface area contributed by atoms with Crippen molar-refractivity contribution in [2.75, 3.05) is 36.4 Å². The third-order valence-electron chi connectivity index (χ3n) is 4.98. The van der Waals surface area contributed by atoms with Crippen LogP contribution in [0.1, 0.15) is 24.2 Å². The van der Waals surface area contributed by atoms with Gasteiger partial charge in [-0.15, -0.1) is 0 Å². The summed E-state index contributed by atoms with van der Waals surface area (Å²) >= 11 is 6.09. The minimum Gasteiger partial charge on any atom is -0.366 e. The minimum atomic E-state index is -0.570. The van der Waals surface area contributed by atoms with Gasteiger partial charge in [0.2, 0.25) is 5.91 Å². The molecule has 1 fully saturated rings. The number of nitro benzene ring substituents is 1. The number of carbonyl (C=O) groups is 2. The molecule has 8 nitrogen and oxygen atoms in total. The van der Waals surface area contributed by atoms with E-state index < -0.39 is 10.8 Å². The number of nitrogens with one attached hydrogen (secondary N) is 1. The highest BCUT2D eigenvalue weighted by atomic mass is 35.5. The maximum atomic E-state index is 12.8. The number of rotatable bonds is 5. The molecular weight excluding hydrogens is 408 g/mol. The molecule has 0 spiro atoms. The van der Waals surface area contributed by atoms with E-state index in [0.717, 1.165) is 11.8 Å². The van der Waals surface area contributed by atoms with Gasteiger partial charge < -0.3 is 15.1 Å². The number of amides is 2. The number of hydrogen-bond acceptors (Lipinski definition) is 5. The Hall–Kier alpha value is -3.13. The van der Waals surface area contributed by atoms with Crippen molar-refractivity contribution in [2.24, 2.45) is 5.92 Å². The summed E-state index contributed by atoms with van der Waals surface area (Å²) in [5, 5.41) is 14.0. The highest BCUT2D eigenvalue weighted by Crippen LogP contribution is 2.29. The topological polar surface area (TPSA) is 95.8 Å². The summed E-state index contributed by atoms with van der Waals surface area (Å²) in [6.45, 7) is 6.27. The van der Waals surface area contributed by atoms with Gasteiger partial charge in [0.05, 0.1) is 26.9 Å². The molecule has 1 aliphatic rings. The smallest absolute Gasteiger partial charge is 0.270 e. The van der Waals surface area contributed by atoms with E-state index in [2.05, 4.69) is 10.2 Å². The predicted octanol–water partition coefficient (Wildman–Crippen LogP) is 3.81. The highest BCUT2D eigenvalue weighted by Gasteiger charge is 2.24. The molecule has 1 saturated heterocycles. The second-order valence-electron chi connectivity index (χ2n) is 7.36. The summed E-state index contributed by atoms with van der Waals surface area (Å²) < 4.78 is 0. The number of piperazine rings is 1. The van der Waals surface area contributed by atoms with Crippen molar-refractivity contribution in [3.63, 3.8) is 0 Å². The zero-order chi connectivity index (χ0) is 21.8. The van der Waals surface area contributed by atoms with E-state index in [4.69, 9.17) is 11.6 Å². The molecule has 0 bridgehead atoms. The quantitative estimate of drug-likeness (QED) is 0.574. The van der Waals surface area contributed by atoms with Crippen molar-refractivity contribution in [2.45, 2.75) is 13.8 Å². The average Bonchev–Trinajstić information content (AvgIpc) is 2.73. The van der Waals surface area contributed by atoms with Crippen molar-refractivity contribution < 1.29 is 14.5 Å². The van der Waals surface area contributed by atoms with Crippen LogP contribution in [-0.4, -0.2) is 47.8 Å². The maximum Gasteiger partial charge on any atom is 0.270 e. The van der Waals surface area contributed by atoms with Gasteiger partial charge in [-0.2, -0.15) is 0 Å². The Labute approximate surface area is 179 Å².